The molecule has 0 radical (unpaired) electrons. The zero-order valence-corrected chi connectivity index (χ0v) is 14.5. The lowest BCUT2D eigenvalue weighted by atomic mass is 10.1. The summed E-state index contributed by atoms with van der Waals surface area (Å²) < 4.78 is 0. The molecular weight excluding hydrogens is 302 g/mol. The zero-order chi connectivity index (χ0) is 17.7. The SMILES string of the molecule is CC(C)NC(=O)c1ccc(C(=O)Nc2ccc(N(C)C)cc2)cc1. The minimum absolute atomic E-state index is 0.0746. The Morgan fingerprint density at radius 3 is 1.79 bits per heavy atom. The standard InChI is InChI=1S/C19H23N3O2/c1-13(2)20-18(23)14-5-7-15(8-6-14)19(24)21-16-9-11-17(12-10-16)22(3)4/h5-13H,1-4H3,(H,20,23)(H,21,24). The van der Waals surface area contributed by atoms with Crippen LogP contribution in [-0.2, 0) is 0 Å². The van der Waals surface area contributed by atoms with E-state index in [1.165, 1.54) is 0 Å². The van der Waals surface area contributed by atoms with E-state index in [1.54, 1.807) is 24.3 Å². The van der Waals surface area contributed by atoms with E-state index in [0.29, 0.717) is 11.1 Å². The number of nitrogens with zero attached hydrogens (tertiary/aromatic N) is 1. The van der Waals surface area contributed by atoms with Gasteiger partial charge in [-0.2, -0.15) is 0 Å². The fourth-order valence-corrected chi connectivity index (χ4v) is 2.16. The summed E-state index contributed by atoms with van der Waals surface area (Å²) in [4.78, 5) is 26.2. The molecule has 0 aliphatic carbocycles. The highest BCUT2D eigenvalue weighted by Gasteiger charge is 2.10. The molecule has 2 N–H and O–H groups in total. The van der Waals surface area contributed by atoms with Gasteiger partial charge >= 0.3 is 0 Å². The summed E-state index contributed by atoms with van der Waals surface area (Å²) in [5.41, 5.74) is 2.84. The van der Waals surface area contributed by atoms with Crippen molar-refractivity contribution in [2.24, 2.45) is 0 Å². The zero-order valence-electron chi connectivity index (χ0n) is 14.5. The van der Waals surface area contributed by atoms with E-state index >= 15 is 0 Å². The molecule has 5 heteroatoms. The van der Waals surface area contributed by atoms with E-state index < -0.39 is 0 Å². The molecule has 0 spiro atoms. The van der Waals surface area contributed by atoms with Gasteiger partial charge in [0.25, 0.3) is 11.8 Å². The van der Waals surface area contributed by atoms with E-state index in [1.807, 2.05) is 57.1 Å². The average molecular weight is 325 g/mol. The number of rotatable bonds is 5. The molecule has 2 aromatic rings. The Hall–Kier alpha value is -2.82. The molecule has 2 amide bonds. The lowest BCUT2D eigenvalue weighted by Gasteiger charge is -2.13. The molecule has 0 heterocycles. The fourth-order valence-electron chi connectivity index (χ4n) is 2.16. The fraction of sp³-hybridized carbons (Fsp3) is 0.263. The molecule has 0 aliphatic rings. The Morgan fingerprint density at radius 1 is 0.833 bits per heavy atom. The van der Waals surface area contributed by atoms with E-state index in [9.17, 15) is 9.59 Å². The molecular formula is C19H23N3O2. The van der Waals surface area contributed by atoms with Crippen LogP contribution in [0.3, 0.4) is 0 Å². The van der Waals surface area contributed by atoms with Gasteiger partial charge < -0.3 is 15.5 Å². The highest BCUT2D eigenvalue weighted by atomic mass is 16.2. The molecule has 0 aromatic heterocycles. The topological polar surface area (TPSA) is 61.4 Å². The third-order valence-electron chi connectivity index (χ3n) is 3.47. The van der Waals surface area contributed by atoms with Crippen LogP contribution in [0.5, 0.6) is 0 Å². The van der Waals surface area contributed by atoms with Crippen LogP contribution < -0.4 is 15.5 Å². The number of amides is 2. The van der Waals surface area contributed by atoms with Gasteiger partial charge in [-0.25, -0.2) is 0 Å². The number of nitrogens with one attached hydrogen (secondary N) is 2. The lowest BCUT2D eigenvalue weighted by Crippen LogP contribution is -2.30. The highest BCUT2D eigenvalue weighted by molar-refractivity contribution is 6.05. The van der Waals surface area contributed by atoms with Crippen LogP contribution in [0.2, 0.25) is 0 Å². The first-order valence-electron chi connectivity index (χ1n) is 7.86. The van der Waals surface area contributed by atoms with Gasteiger partial charge in [-0.05, 0) is 62.4 Å². The van der Waals surface area contributed by atoms with Crippen molar-refractivity contribution in [1.29, 1.82) is 0 Å². The van der Waals surface area contributed by atoms with Gasteiger partial charge in [0.15, 0.2) is 0 Å². The maximum Gasteiger partial charge on any atom is 0.255 e. The average Bonchev–Trinajstić information content (AvgIpc) is 2.54. The van der Waals surface area contributed by atoms with Crippen molar-refractivity contribution in [3.63, 3.8) is 0 Å². The van der Waals surface area contributed by atoms with Gasteiger partial charge in [-0.15, -0.1) is 0 Å². The number of hydrogen-bond acceptors (Lipinski definition) is 3. The number of anilines is 2. The predicted octanol–water partition coefficient (Wildman–Crippen LogP) is 3.14. The second kappa shape index (κ2) is 7.64. The van der Waals surface area contributed by atoms with Crippen LogP contribution in [0.25, 0.3) is 0 Å². The van der Waals surface area contributed by atoms with Crippen molar-refractivity contribution in [2.45, 2.75) is 19.9 Å². The Labute approximate surface area is 142 Å². The third kappa shape index (κ3) is 4.59. The summed E-state index contributed by atoms with van der Waals surface area (Å²) >= 11 is 0. The molecule has 0 bridgehead atoms. The van der Waals surface area contributed by atoms with E-state index in [-0.39, 0.29) is 17.9 Å². The maximum atomic E-state index is 12.3. The normalized spacial score (nSPS) is 10.4. The van der Waals surface area contributed by atoms with Crippen LogP contribution in [0.1, 0.15) is 34.6 Å². The van der Waals surface area contributed by atoms with Crippen LogP contribution in [-0.4, -0.2) is 32.0 Å². The lowest BCUT2D eigenvalue weighted by molar-refractivity contribution is 0.0941. The summed E-state index contributed by atoms with van der Waals surface area (Å²) in [6.07, 6.45) is 0. The van der Waals surface area contributed by atoms with E-state index in [0.717, 1.165) is 11.4 Å². The molecule has 0 unspecified atom stereocenters. The molecule has 0 atom stereocenters. The summed E-state index contributed by atoms with van der Waals surface area (Å²) in [5, 5.41) is 5.67. The Balaban J connectivity index is 2.03. The van der Waals surface area contributed by atoms with Gasteiger partial charge in [0.1, 0.15) is 0 Å². The first-order chi connectivity index (χ1) is 11.4. The van der Waals surface area contributed by atoms with Gasteiger partial charge in [0.2, 0.25) is 0 Å². The minimum Gasteiger partial charge on any atom is -0.378 e. The van der Waals surface area contributed by atoms with Crippen LogP contribution >= 0.6 is 0 Å². The van der Waals surface area contributed by atoms with Crippen molar-refractivity contribution < 1.29 is 9.59 Å². The summed E-state index contributed by atoms with van der Waals surface area (Å²) in [5.74, 6) is -0.348. The molecule has 2 aromatic carbocycles. The van der Waals surface area contributed by atoms with Crippen LogP contribution in [0.15, 0.2) is 48.5 Å². The molecule has 24 heavy (non-hydrogen) atoms. The summed E-state index contributed by atoms with van der Waals surface area (Å²) in [6, 6.07) is 14.3. The molecule has 0 aliphatic heterocycles. The largest absolute Gasteiger partial charge is 0.378 e. The molecule has 2 rings (SSSR count). The van der Waals surface area contributed by atoms with E-state index in [4.69, 9.17) is 0 Å². The molecule has 0 saturated carbocycles. The van der Waals surface area contributed by atoms with E-state index in [2.05, 4.69) is 10.6 Å². The second-order valence-corrected chi connectivity index (χ2v) is 6.10. The predicted molar refractivity (Wildman–Crippen MR) is 97.8 cm³/mol. The first-order valence-corrected chi connectivity index (χ1v) is 7.86. The van der Waals surface area contributed by atoms with Crippen molar-refractivity contribution in [2.75, 3.05) is 24.3 Å². The van der Waals surface area contributed by atoms with Crippen LogP contribution in [0, 0.1) is 0 Å². The van der Waals surface area contributed by atoms with Gasteiger partial charge in [0.05, 0.1) is 0 Å². The number of benzene rings is 2. The molecule has 0 saturated heterocycles. The Morgan fingerprint density at radius 2 is 1.33 bits per heavy atom. The number of carbonyl (C=O) groups is 2. The number of hydrogen-bond donors (Lipinski definition) is 2. The molecule has 5 nitrogen and oxygen atoms in total. The molecule has 126 valence electrons. The highest BCUT2D eigenvalue weighted by Crippen LogP contribution is 2.16. The van der Waals surface area contributed by atoms with Crippen LogP contribution in [0.4, 0.5) is 11.4 Å². The quantitative estimate of drug-likeness (QED) is 0.888. The second-order valence-electron chi connectivity index (χ2n) is 6.10. The third-order valence-corrected chi connectivity index (χ3v) is 3.47. The van der Waals surface area contributed by atoms with Gasteiger partial charge in [-0.1, -0.05) is 0 Å². The molecule has 0 fully saturated rings. The van der Waals surface area contributed by atoms with Crippen molar-refractivity contribution in [3.8, 4) is 0 Å². The van der Waals surface area contributed by atoms with Gasteiger partial charge in [-0.3, -0.25) is 9.59 Å². The van der Waals surface area contributed by atoms with Gasteiger partial charge in [0, 0.05) is 42.6 Å². The van der Waals surface area contributed by atoms with Crippen molar-refractivity contribution in [1.82, 2.24) is 5.32 Å². The summed E-state index contributed by atoms with van der Waals surface area (Å²) in [6.45, 7) is 3.81. The van der Waals surface area contributed by atoms with Crippen molar-refractivity contribution >= 4 is 23.2 Å². The Kier molecular flexibility index (Phi) is 5.58. The monoisotopic (exact) mass is 325 g/mol. The Bertz CT molecular complexity index is 704. The smallest absolute Gasteiger partial charge is 0.255 e. The number of carbonyl (C=O) groups excluding carboxylic acids is 2. The van der Waals surface area contributed by atoms with Crippen molar-refractivity contribution in [3.05, 3.63) is 59.7 Å². The first kappa shape index (κ1) is 17.5. The summed E-state index contributed by atoms with van der Waals surface area (Å²) in [7, 11) is 3.93. The maximum absolute atomic E-state index is 12.3. The minimum atomic E-state index is -0.205.